The molecule has 1 aromatic carbocycles. The fourth-order valence-electron chi connectivity index (χ4n) is 1.61. The van der Waals surface area contributed by atoms with Gasteiger partial charge in [0.2, 0.25) is 0 Å². The SMILES string of the molecule is CCCNc1cc(Nc2ccc(Cl)cc2)nc(SC)n1. The summed E-state index contributed by atoms with van der Waals surface area (Å²) in [5.74, 6) is 1.60. The van der Waals surface area contributed by atoms with Gasteiger partial charge in [0.15, 0.2) is 5.16 Å². The molecule has 6 heteroatoms. The van der Waals surface area contributed by atoms with Crippen molar-refractivity contribution in [3.63, 3.8) is 0 Å². The molecule has 0 spiro atoms. The maximum atomic E-state index is 5.88. The van der Waals surface area contributed by atoms with Crippen LogP contribution in [0.3, 0.4) is 0 Å². The fraction of sp³-hybridized carbons (Fsp3) is 0.286. The van der Waals surface area contributed by atoms with Gasteiger partial charge >= 0.3 is 0 Å². The zero-order valence-corrected chi connectivity index (χ0v) is 13.1. The molecule has 4 nitrogen and oxygen atoms in total. The Bertz CT molecular complexity index is 560. The molecule has 2 rings (SSSR count). The van der Waals surface area contributed by atoms with Gasteiger partial charge in [-0.2, -0.15) is 0 Å². The Balaban J connectivity index is 2.19. The molecule has 1 heterocycles. The Morgan fingerprint density at radius 3 is 2.50 bits per heavy atom. The first-order valence-corrected chi connectivity index (χ1v) is 8.01. The van der Waals surface area contributed by atoms with E-state index in [2.05, 4.69) is 27.5 Å². The van der Waals surface area contributed by atoms with Gasteiger partial charge in [-0.25, -0.2) is 9.97 Å². The lowest BCUT2D eigenvalue weighted by atomic mass is 10.3. The van der Waals surface area contributed by atoms with Crippen LogP contribution >= 0.6 is 23.4 Å². The van der Waals surface area contributed by atoms with Crippen LogP contribution in [0.2, 0.25) is 5.02 Å². The molecule has 0 aliphatic rings. The van der Waals surface area contributed by atoms with Gasteiger partial charge in [-0.05, 0) is 36.9 Å². The molecule has 2 aromatic rings. The van der Waals surface area contributed by atoms with Gasteiger partial charge in [0.05, 0.1) is 0 Å². The maximum Gasteiger partial charge on any atom is 0.191 e. The average Bonchev–Trinajstić information content (AvgIpc) is 2.47. The first-order valence-electron chi connectivity index (χ1n) is 6.41. The van der Waals surface area contributed by atoms with E-state index in [1.54, 1.807) is 0 Å². The summed E-state index contributed by atoms with van der Waals surface area (Å²) in [6.45, 7) is 3.02. The van der Waals surface area contributed by atoms with Crippen molar-refractivity contribution in [2.75, 3.05) is 23.4 Å². The van der Waals surface area contributed by atoms with Crippen molar-refractivity contribution in [2.24, 2.45) is 0 Å². The second-order valence-electron chi connectivity index (χ2n) is 4.18. The first kappa shape index (κ1) is 14.9. The van der Waals surface area contributed by atoms with Gasteiger partial charge in [0.1, 0.15) is 11.6 Å². The molecule has 0 aliphatic heterocycles. The number of aromatic nitrogens is 2. The highest BCUT2D eigenvalue weighted by Gasteiger charge is 2.04. The molecule has 20 heavy (non-hydrogen) atoms. The first-order chi connectivity index (χ1) is 9.71. The Morgan fingerprint density at radius 2 is 1.85 bits per heavy atom. The number of hydrogen-bond acceptors (Lipinski definition) is 5. The Hall–Kier alpha value is -1.46. The molecule has 0 radical (unpaired) electrons. The van der Waals surface area contributed by atoms with Crippen LogP contribution in [-0.4, -0.2) is 22.8 Å². The molecule has 0 aliphatic carbocycles. The third kappa shape index (κ3) is 4.28. The van der Waals surface area contributed by atoms with E-state index in [-0.39, 0.29) is 0 Å². The molecule has 0 amide bonds. The number of nitrogens with zero attached hydrogens (tertiary/aromatic N) is 2. The second-order valence-corrected chi connectivity index (χ2v) is 5.39. The maximum absolute atomic E-state index is 5.88. The predicted octanol–water partition coefficient (Wildman–Crippen LogP) is 4.42. The minimum Gasteiger partial charge on any atom is -0.370 e. The van der Waals surface area contributed by atoms with Crippen molar-refractivity contribution in [1.82, 2.24) is 9.97 Å². The summed E-state index contributed by atoms with van der Waals surface area (Å²) in [5, 5.41) is 7.99. The summed E-state index contributed by atoms with van der Waals surface area (Å²) >= 11 is 7.40. The number of thioether (sulfide) groups is 1. The Kier molecular flexibility index (Phi) is 5.49. The summed E-state index contributed by atoms with van der Waals surface area (Å²) in [6, 6.07) is 9.43. The molecule has 2 N–H and O–H groups in total. The molecule has 0 bridgehead atoms. The third-order valence-corrected chi connectivity index (χ3v) is 3.36. The number of rotatable bonds is 6. The van der Waals surface area contributed by atoms with E-state index in [0.29, 0.717) is 5.02 Å². The summed E-state index contributed by atoms with van der Waals surface area (Å²) in [5.41, 5.74) is 0.946. The monoisotopic (exact) mass is 308 g/mol. The predicted molar refractivity (Wildman–Crippen MR) is 87.3 cm³/mol. The van der Waals surface area contributed by atoms with E-state index in [1.165, 1.54) is 11.8 Å². The van der Waals surface area contributed by atoms with Crippen LogP contribution in [0.15, 0.2) is 35.5 Å². The van der Waals surface area contributed by atoms with Gasteiger partial charge < -0.3 is 10.6 Å². The van der Waals surface area contributed by atoms with Crippen molar-refractivity contribution < 1.29 is 0 Å². The van der Waals surface area contributed by atoms with Crippen molar-refractivity contribution in [1.29, 1.82) is 0 Å². The molecule has 106 valence electrons. The van der Waals surface area contributed by atoms with Gasteiger partial charge in [-0.3, -0.25) is 0 Å². The van der Waals surface area contributed by atoms with Crippen LogP contribution in [0, 0.1) is 0 Å². The van der Waals surface area contributed by atoms with E-state index in [0.717, 1.165) is 35.4 Å². The van der Waals surface area contributed by atoms with E-state index in [4.69, 9.17) is 11.6 Å². The molecule has 0 atom stereocenters. The quantitative estimate of drug-likeness (QED) is 0.611. The lowest BCUT2D eigenvalue weighted by Crippen LogP contribution is -2.05. The number of hydrogen-bond donors (Lipinski definition) is 2. The van der Waals surface area contributed by atoms with Crippen molar-refractivity contribution in [2.45, 2.75) is 18.5 Å². The van der Waals surface area contributed by atoms with E-state index >= 15 is 0 Å². The summed E-state index contributed by atoms with van der Waals surface area (Å²) in [7, 11) is 0. The van der Waals surface area contributed by atoms with Crippen LogP contribution in [0.4, 0.5) is 17.3 Å². The van der Waals surface area contributed by atoms with E-state index in [9.17, 15) is 0 Å². The van der Waals surface area contributed by atoms with Crippen LogP contribution in [0.5, 0.6) is 0 Å². The zero-order valence-electron chi connectivity index (χ0n) is 11.5. The second kappa shape index (κ2) is 7.36. The van der Waals surface area contributed by atoms with Crippen molar-refractivity contribution >= 4 is 40.7 Å². The van der Waals surface area contributed by atoms with E-state index < -0.39 is 0 Å². The summed E-state index contributed by atoms with van der Waals surface area (Å²) in [4.78, 5) is 8.87. The molecule has 0 unspecified atom stereocenters. The zero-order chi connectivity index (χ0) is 14.4. The number of halogens is 1. The normalized spacial score (nSPS) is 10.3. The average molecular weight is 309 g/mol. The van der Waals surface area contributed by atoms with Gasteiger partial charge in [0, 0.05) is 23.3 Å². The lowest BCUT2D eigenvalue weighted by Gasteiger charge is -2.10. The topological polar surface area (TPSA) is 49.8 Å². The van der Waals surface area contributed by atoms with Gasteiger partial charge in [-0.15, -0.1) is 0 Å². The van der Waals surface area contributed by atoms with Crippen LogP contribution in [0.1, 0.15) is 13.3 Å². The van der Waals surface area contributed by atoms with E-state index in [1.807, 2.05) is 36.6 Å². The lowest BCUT2D eigenvalue weighted by molar-refractivity contribution is 0.929. The summed E-state index contributed by atoms with van der Waals surface area (Å²) < 4.78 is 0. The highest BCUT2D eigenvalue weighted by molar-refractivity contribution is 7.98. The minimum atomic E-state index is 0.716. The Labute approximate surface area is 128 Å². The number of benzene rings is 1. The highest BCUT2D eigenvalue weighted by Crippen LogP contribution is 2.22. The van der Waals surface area contributed by atoms with Crippen LogP contribution in [0.25, 0.3) is 0 Å². The summed E-state index contributed by atoms with van der Waals surface area (Å²) in [6.07, 6.45) is 3.02. The fourth-order valence-corrected chi connectivity index (χ4v) is 2.11. The molecule has 0 fully saturated rings. The Morgan fingerprint density at radius 1 is 1.15 bits per heavy atom. The molecular weight excluding hydrogens is 292 g/mol. The van der Waals surface area contributed by atoms with Gasteiger partial charge in [0.25, 0.3) is 0 Å². The highest BCUT2D eigenvalue weighted by atomic mass is 35.5. The smallest absolute Gasteiger partial charge is 0.191 e. The molecule has 1 aromatic heterocycles. The van der Waals surface area contributed by atoms with Crippen molar-refractivity contribution in [3.8, 4) is 0 Å². The van der Waals surface area contributed by atoms with Gasteiger partial charge in [-0.1, -0.05) is 30.3 Å². The van der Waals surface area contributed by atoms with Crippen molar-refractivity contribution in [3.05, 3.63) is 35.4 Å². The number of anilines is 3. The minimum absolute atomic E-state index is 0.716. The standard InChI is InChI=1S/C14H17ClN4S/c1-3-8-16-12-9-13(19-14(18-12)20-2)17-11-6-4-10(15)5-7-11/h4-7,9H,3,8H2,1-2H3,(H2,16,17,18,19). The molecule has 0 saturated heterocycles. The third-order valence-electron chi connectivity index (χ3n) is 2.56. The van der Waals surface area contributed by atoms with Crippen LogP contribution < -0.4 is 10.6 Å². The molecule has 0 saturated carbocycles. The molecular formula is C14H17ClN4S. The number of nitrogens with one attached hydrogen (secondary N) is 2. The van der Waals surface area contributed by atoms with Crippen LogP contribution in [-0.2, 0) is 0 Å². The largest absolute Gasteiger partial charge is 0.370 e.